The number of halogens is 3. The van der Waals surface area contributed by atoms with Crippen LogP contribution >= 0.6 is 0 Å². The summed E-state index contributed by atoms with van der Waals surface area (Å²) in [5, 5.41) is 0. The molecule has 0 aliphatic heterocycles. The van der Waals surface area contributed by atoms with Gasteiger partial charge in [0.25, 0.3) is 0 Å². The molecule has 4 nitrogen and oxygen atoms in total. The van der Waals surface area contributed by atoms with Crippen LogP contribution in [0.2, 0.25) is 0 Å². The predicted molar refractivity (Wildman–Crippen MR) is 69.0 cm³/mol. The molecule has 0 spiro atoms. The van der Waals surface area contributed by atoms with Gasteiger partial charge in [0.15, 0.2) is 0 Å². The highest BCUT2D eigenvalue weighted by Crippen LogP contribution is 2.31. The zero-order valence-electron chi connectivity index (χ0n) is 10.6. The topological polar surface area (TPSA) is 73.1 Å². The second-order valence-corrected chi connectivity index (χ2v) is 6.17. The molecule has 1 heterocycles. The van der Waals surface area contributed by atoms with Crippen LogP contribution in [-0.4, -0.2) is 13.4 Å². The van der Waals surface area contributed by atoms with Crippen molar-refractivity contribution in [3.8, 4) is 0 Å². The third-order valence-corrected chi connectivity index (χ3v) is 4.53. The largest absolute Gasteiger partial charge is 0.416 e. The summed E-state index contributed by atoms with van der Waals surface area (Å²) in [5.41, 5.74) is 4.82. The molecule has 1 aromatic carbocycles. The maximum absolute atomic E-state index is 12.6. The highest BCUT2D eigenvalue weighted by molar-refractivity contribution is 7.91. The molecule has 0 bridgehead atoms. The zero-order valence-corrected chi connectivity index (χ0v) is 11.4. The quantitative estimate of drug-likeness (QED) is 0.943. The highest BCUT2D eigenvalue weighted by Gasteiger charge is 2.32. The third kappa shape index (κ3) is 3.22. The standard InChI is InChI=1S/C13H11F3N2O2S/c14-13(15,16)9-2-1-3-11(6-9)21(19,20)12-5-4-10(7-17)18-8-12/h1-6,8H,7,17H2. The van der Waals surface area contributed by atoms with Gasteiger partial charge in [0, 0.05) is 12.7 Å². The molecule has 0 radical (unpaired) electrons. The molecule has 0 aliphatic rings. The van der Waals surface area contributed by atoms with E-state index in [9.17, 15) is 21.6 Å². The van der Waals surface area contributed by atoms with Crippen LogP contribution in [0.4, 0.5) is 13.2 Å². The molecular weight excluding hydrogens is 305 g/mol. The van der Waals surface area contributed by atoms with Gasteiger partial charge in [-0.2, -0.15) is 13.2 Å². The van der Waals surface area contributed by atoms with Gasteiger partial charge in [-0.15, -0.1) is 0 Å². The fraction of sp³-hybridized carbons (Fsp3) is 0.154. The number of rotatable bonds is 3. The van der Waals surface area contributed by atoms with Crippen molar-refractivity contribution in [2.45, 2.75) is 22.5 Å². The van der Waals surface area contributed by atoms with Gasteiger partial charge in [0.05, 0.1) is 21.0 Å². The number of nitrogens with zero attached hydrogens (tertiary/aromatic N) is 1. The van der Waals surface area contributed by atoms with Crippen molar-refractivity contribution in [2.75, 3.05) is 0 Å². The molecule has 112 valence electrons. The van der Waals surface area contributed by atoms with Gasteiger partial charge in [-0.05, 0) is 30.3 Å². The predicted octanol–water partition coefficient (Wildman–Crippen LogP) is 2.39. The van der Waals surface area contributed by atoms with E-state index < -0.39 is 26.5 Å². The Morgan fingerprint density at radius 2 is 1.81 bits per heavy atom. The van der Waals surface area contributed by atoms with Gasteiger partial charge < -0.3 is 5.73 Å². The first kappa shape index (κ1) is 15.5. The molecule has 0 fully saturated rings. The van der Waals surface area contributed by atoms with E-state index in [0.717, 1.165) is 24.4 Å². The lowest BCUT2D eigenvalue weighted by atomic mass is 10.2. The highest BCUT2D eigenvalue weighted by atomic mass is 32.2. The summed E-state index contributed by atoms with van der Waals surface area (Å²) in [5.74, 6) is 0. The number of benzene rings is 1. The Balaban J connectivity index is 2.48. The first-order valence-corrected chi connectivity index (χ1v) is 7.31. The van der Waals surface area contributed by atoms with Crippen LogP contribution in [0.3, 0.4) is 0 Å². The van der Waals surface area contributed by atoms with E-state index >= 15 is 0 Å². The summed E-state index contributed by atoms with van der Waals surface area (Å²) in [4.78, 5) is 3.22. The maximum Gasteiger partial charge on any atom is 0.416 e. The number of nitrogens with two attached hydrogens (primary N) is 1. The molecule has 0 saturated heterocycles. The van der Waals surface area contributed by atoms with E-state index in [1.54, 1.807) is 0 Å². The average Bonchev–Trinajstić information content (AvgIpc) is 2.46. The lowest BCUT2D eigenvalue weighted by Crippen LogP contribution is -2.09. The molecule has 2 N–H and O–H groups in total. The number of sulfone groups is 1. The number of hydrogen-bond donors (Lipinski definition) is 1. The Morgan fingerprint density at radius 3 is 2.33 bits per heavy atom. The minimum Gasteiger partial charge on any atom is -0.325 e. The molecule has 21 heavy (non-hydrogen) atoms. The van der Waals surface area contributed by atoms with E-state index in [1.165, 1.54) is 12.1 Å². The van der Waals surface area contributed by atoms with Crippen molar-refractivity contribution < 1.29 is 21.6 Å². The van der Waals surface area contributed by atoms with E-state index in [1.807, 2.05) is 0 Å². The molecule has 8 heteroatoms. The first-order chi connectivity index (χ1) is 9.75. The Labute approximate surface area is 119 Å². The van der Waals surface area contributed by atoms with Gasteiger partial charge >= 0.3 is 6.18 Å². The van der Waals surface area contributed by atoms with Gasteiger partial charge in [-0.25, -0.2) is 8.42 Å². The Hall–Kier alpha value is -1.93. The Morgan fingerprint density at radius 1 is 1.10 bits per heavy atom. The van der Waals surface area contributed by atoms with Gasteiger partial charge in [0.2, 0.25) is 9.84 Å². The minimum absolute atomic E-state index is 0.143. The van der Waals surface area contributed by atoms with Crippen LogP contribution in [0, 0.1) is 0 Å². The first-order valence-electron chi connectivity index (χ1n) is 5.82. The zero-order chi connectivity index (χ0) is 15.7. The summed E-state index contributed by atoms with van der Waals surface area (Å²) in [6, 6.07) is 6.27. The molecule has 0 unspecified atom stereocenters. The van der Waals surface area contributed by atoms with Gasteiger partial charge in [-0.3, -0.25) is 4.98 Å². The fourth-order valence-electron chi connectivity index (χ4n) is 1.67. The lowest BCUT2D eigenvalue weighted by molar-refractivity contribution is -0.137. The van der Waals surface area contributed by atoms with Gasteiger partial charge in [0.1, 0.15) is 0 Å². The summed E-state index contributed by atoms with van der Waals surface area (Å²) < 4.78 is 62.5. The number of pyridine rings is 1. The monoisotopic (exact) mass is 316 g/mol. The minimum atomic E-state index is -4.60. The van der Waals surface area contributed by atoms with Crippen molar-refractivity contribution in [1.29, 1.82) is 0 Å². The van der Waals surface area contributed by atoms with Crippen molar-refractivity contribution in [1.82, 2.24) is 4.98 Å². The van der Waals surface area contributed by atoms with Crippen LogP contribution in [0.1, 0.15) is 11.3 Å². The van der Waals surface area contributed by atoms with E-state index in [4.69, 9.17) is 5.73 Å². The van der Waals surface area contributed by atoms with Crippen molar-refractivity contribution in [3.63, 3.8) is 0 Å². The van der Waals surface area contributed by atoms with Crippen LogP contribution in [0.25, 0.3) is 0 Å². The number of alkyl halides is 3. The molecule has 2 aromatic rings. The van der Waals surface area contributed by atoms with Crippen LogP contribution in [0.15, 0.2) is 52.4 Å². The van der Waals surface area contributed by atoms with E-state index in [0.29, 0.717) is 11.8 Å². The summed E-state index contributed by atoms with van der Waals surface area (Å²) >= 11 is 0. The molecule has 0 aliphatic carbocycles. The SMILES string of the molecule is NCc1ccc(S(=O)(=O)c2cccc(C(F)(F)F)c2)cn1. The van der Waals surface area contributed by atoms with Crippen molar-refractivity contribution >= 4 is 9.84 Å². The van der Waals surface area contributed by atoms with Gasteiger partial charge in [-0.1, -0.05) is 6.07 Å². The van der Waals surface area contributed by atoms with Crippen LogP contribution < -0.4 is 5.73 Å². The Kier molecular flexibility index (Phi) is 4.02. The fourth-order valence-corrected chi connectivity index (χ4v) is 2.92. The molecule has 1 aromatic heterocycles. The summed E-state index contributed by atoms with van der Waals surface area (Å²) in [7, 11) is -4.05. The Bertz CT molecular complexity index is 741. The summed E-state index contributed by atoms with van der Waals surface area (Å²) in [6.45, 7) is 0.143. The molecule has 0 amide bonds. The second kappa shape index (κ2) is 5.45. The third-order valence-electron chi connectivity index (χ3n) is 2.79. The van der Waals surface area contributed by atoms with Crippen molar-refractivity contribution in [3.05, 3.63) is 53.9 Å². The molecule has 0 saturated carbocycles. The maximum atomic E-state index is 12.6. The smallest absolute Gasteiger partial charge is 0.325 e. The molecular formula is C13H11F3N2O2S. The van der Waals surface area contributed by atoms with E-state index in [2.05, 4.69) is 4.98 Å². The number of aromatic nitrogens is 1. The van der Waals surface area contributed by atoms with Crippen LogP contribution in [0.5, 0.6) is 0 Å². The van der Waals surface area contributed by atoms with E-state index in [-0.39, 0.29) is 11.4 Å². The number of hydrogen-bond acceptors (Lipinski definition) is 4. The molecule has 2 rings (SSSR count). The summed E-state index contributed by atoms with van der Waals surface area (Å²) in [6.07, 6.45) is -3.52. The normalized spacial score (nSPS) is 12.4. The van der Waals surface area contributed by atoms with Crippen molar-refractivity contribution in [2.24, 2.45) is 5.73 Å². The molecule has 0 atom stereocenters. The lowest BCUT2D eigenvalue weighted by Gasteiger charge is -2.09. The average molecular weight is 316 g/mol. The van der Waals surface area contributed by atoms with Crippen LogP contribution in [-0.2, 0) is 22.6 Å². The second-order valence-electron chi connectivity index (χ2n) is 4.22.